The van der Waals surface area contributed by atoms with Gasteiger partial charge >= 0.3 is 0 Å². The van der Waals surface area contributed by atoms with Crippen LogP contribution < -0.4 is 5.56 Å². The molecule has 4 heterocycles. The average molecular weight is 392 g/mol. The molecule has 0 aliphatic carbocycles. The number of amides is 1. The third kappa shape index (κ3) is 3.35. The maximum absolute atomic E-state index is 13.2. The number of benzene rings is 1. The molecule has 0 bridgehead atoms. The Bertz CT molecular complexity index is 1040. The van der Waals surface area contributed by atoms with Crippen LogP contribution >= 0.6 is 0 Å². The molecule has 0 aromatic heterocycles. The van der Waals surface area contributed by atoms with Crippen LogP contribution in [0.2, 0.25) is 0 Å². The minimum atomic E-state index is -0.205. The summed E-state index contributed by atoms with van der Waals surface area (Å²) in [5.41, 5.74) is 1.92. The topological polar surface area (TPSA) is 69.4 Å². The Kier molecular flexibility index (Phi) is 4.67. The summed E-state index contributed by atoms with van der Waals surface area (Å²) in [5, 5.41) is 4.56. The standard InChI is InChI=1S/C22H24N4O3/c27-21(25-10-4-5-11-25)18-14-24(13-17-9-6-12-29-17)15-19-20(18)23-26(22(19)28)16-7-2-1-3-8-16/h1-3,7-8,14-15,17H,4-6,9-13H2/t17-/m0/s1. The molecule has 5 rings (SSSR count). The number of likely N-dealkylation sites (tertiary alicyclic amines) is 1. The van der Waals surface area contributed by atoms with Crippen molar-refractivity contribution in [2.45, 2.75) is 38.3 Å². The molecule has 1 amide bonds. The molecule has 4 aliphatic heterocycles. The number of hydrogen-bond acceptors (Lipinski definition) is 4. The van der Waals surface area contributed by atoms with Gasteiger partial charge in [-0.2, -0.15) is 9.78 Å². The van der Waals surface area contributed by atoms with Crippen LogP contribution in [0.1, 0.15) is 36.0 Å². The summed E-state index contributed by atoms with van der Waals surface area (Å²) in [7, 11) is 0. The molecule has 1 aromatic carbocycles. The van der Waals surface area contributed by atoms with Gasteiger partial charge in [0.2, 0.25) is 0 Å². The van der Waals surface area contributed by atoms with Crippen LogP contribution in [0.25, 0.3) is 16.9 Å². The fourth-order valence-electron chi connectivity index (χ4n) is 4.28. The molecule has 0 N–H and O–H groups in total. The summed E-state index contributed by atoms with van der Waals surface area (Å²) in [4.78, 5) is 28.2. The fourth-order valence-corrected chi connectivity index (χ4v) is 4.28. The predicted molar refractivity (Wildman–Crippen MR) is 109 cm³/mol. The van der Waals surface area contributed by atoms with E-state index in [-0.39, 0.29) is 17.6 Å². The fraction of sp³-hybridized carbons (Fsp3) is 0.409. The van der Waals surface area contributed by atoms with E-state index in [0.29, 0.717) is 29.1 Å². The van der Waals surface area contributed by atoms with Crippen molar-refractivity contribution in [2.75, 3.05) is 19.7 Å². The normalized spacial score (nSPS) is 19.3. The highest BCUT2D eigenvalue weighted by Crippen LogP contribution is 2.26. The van der Waals surface area contributed by atoms with Crippen molar-refractivity contribution >= 4 is 5.91 Å². The monoisotopic (exact) mass is 392 g/mol. The van der Waals surface area contributed by atoms with Crippen LogP contribution in [0.15, 0.2) is 47.5 Å². The number of pyridine rings is 1. The molecular formula is C22H24N4O3. The molecule has 29 heavy (non-hydrogen) atoms. The lowest BCUT2D eigenvalue weighted by molar-refractivity contribution is 0.0789. The third-order valence-corrected chi connectivity index (χ3v) is 5.79. The SMILES string of the molecule is O=C(c1cn(C[C@@H]2CCCO2)cc2c(=O)n(-c3ccccc3)nc1-2)N1CCCC1. The largest absolute Gasteiger partial charge is 0.376 e. The zero-order valence-corrected chi connectivity index (χ0v) is 16.3. The van der Waals surface area contributed by atoms with E-state index in [0.717, 1.165) is 45.4 Å². The van der Waals surface area contributed by atoms with Gasteiger partial charge in [0.15, 0.2) is 0 Å². The molecule has 0 unspecified atom stereocenters. The van der Waals surface area contributed by atoms with E-state index >= 15 is 0 Å². The van der Waals surface area contributed by atoms with Crippen molar-refractivity contribution in [1.29, 1.82) is 0 Å². The Morgan fingerprint density at radius 1 is 1.10 bits per heavy atom. The summed E-state index contributed by atoms with van der Waals surface area (Å²) >= 11 is 0. The van der Waals surface area contributed by atoms with E-state index in [1.807, 2.05) is 52.2 Å². The number of rotatable bonds is 4. The first-order valence-corrected chi connectivity index (χ1v) is 10.3. The van der Waals surface area contributed by atoms with Gasteiger partial charge in [0.1, 0.15) is 5.69 Å². The Morgan fingerprint density at radius 2 is 1.90 bits per heavy atom. The second-order valence-corrected chi connectivity index (χ2v) is 7.82. The van der Waals surface area contributed by atoms with E-state index < -0.39 is 0 Å². The van der Waals surface area contributed by atoms with Gasteiger partial charge < -0.3 is 14.2 Å². The summed E-state index contributed by atoms with van der Waals surface area (Å²) in [5.74, 6) is -0.0492. The highest BCUT2D eigenvalue weighted by Gasteiger charge is 2.29. The smallest absolute Gasteiger partial charge is 0.282 e. The number of ether oxygens (including phenoxy) is 1. The van der Waals surface area contributed by atoms with Gasteiger partial charge in [-0.25, -0.2) is 0 Å². The van der Waals surface area contributed by atoms with Crippen LogP contribution in [0.4, 0.5) is 0 Å². The summed E-state index contributed by atoms with van der Waals surface area (Å²) in [6.45, 7) is 2.91. The van der Waals surface area contributed by atoms with Crippen molar-refractivity contribution in [3.8, 4) is 16.9 Å². The minimum absolute atomic E-state index is 0.0492. The molecule has 2 fully saturated rings. The Morgan fingerprint density at radius 3 is 2.62 bits per heavy atom. The molecule has 0 radical (unpaired) electrons. The number of fused-ring (bicyclic) bond motifs is 1. The lowest BCUT2D eigenvalue weighted by Crippen LogP contribution is -2.29. The Hall–Kier alpha value is -2.93. The molecule has 4 aliphatic rings. The average Bonchev–Trinajstić information content (AvgIpc) is 3.50. The molecule has 7 nitrogen and oxygen atoms in total. The van der Waals surface area contributed by atoms with Gasteiger partial charge in [-0.05, 0) is 37.8 Å². The van der Waals surface area contributed by atoms with Gasteiger partial charge in [0.25, 0.3) is 11.5 Å². The molecule has 7 heteroatoms. The molecule has 0 saturated carbocycles. The van der Waals surface area contributed by atoms with E-state index in [4.69, 9.17) is 4.74 Å². The van der Waals surface area contributed by atoms with Gasteiger partial charge in [-0.3, -0.25) is 9.59 Å². The van der Waals surface area contributed by atoms with E-state index in [2.05, 4.69) is 5.10 Å². The molecule has 0 spiro atoms. The van der Waals surface area contributed by atoms with Crippen molar-refractivity contribution in [1.82, 2.24) is 19.2 Å². The van der Waals surface area contributed by atoms with Gasteiger partial charge in [0.05, 0.1) is 22.9 Å². The Balaban J connectivity index is 1.63. The van der Waals surface area contributed by atoms with Gasteiger partial charge in [-0.1, -0.05) is 18.2 Å². The number of hydrogen-bond donors (Lipinski definition) is 0. The van der Waals surface area contributed by atoms with Crippen molar-refractivity contribution < 1.29 is 9.53 Å². The maximum atomic E-state index is 13.2. The number of carbonyl (C=O) groups excluding carboxylic acids is 1. The van der Waals surface area contributed by atoms with Gasteiger partial charge in [0, 0.05) is 38.6 Å². The quantitative estimate of drug-likeness (QED) is 0.684. The van der Waals surface area contributed by atoms with Crippen LogP contribution in [0.5, 0.6) is 0 Å². The number of para-hydroxylation sites is 1. The highest BCUT2D eigenvalue weighted by atomic mass is 16.5. The van der Waals surface area contributed by atoms with Crippen molar-refractivity contribution in [3.05, 3.63) is 58.6 Å². The first-order chi connectivity index (χ1) is 14.2. The van der Waals surface area contributed by atoms with E-state index in [1.165, 1.54) is 4.68 Å². The molecular weight excluding hydrogens is 368 g/mol. The third-order valence-electron chi connectivity index (χ3n) is 5.79. The maximum Gasteiger partial charge on any atom is 0.282 e. The lowest BCUT2D eigenvalue weighted by atomic mass is 10.1. The highest BCUT2D eigenvalue weighted by molar-refractivity contribution is 6.00. The summed E-state index contributed by atoms with van der Waals surface area (Å²) < 4.78 is 9.08. The molecule has 1 atom stereocenters. The van der Waals surface area contributed by atoms with Crippen molar-refractivity contribution in [3.63, 3.8) is 0 Å². The number of aromatic nitrogens is 3. The van der Waals surface area contributed by atoms with Crippen molar-refractivity contribution in [2.24, 2.45) is 0 Å². The zero-order valence-electron chi connectivity index (χ0n) is 16.3. The van der Waals surface area contributed by atoms with Crippen LogP contribution in [0, 0.1) is 0 Å². The van der Waals surface area contributed by atoms with E-state index in [1.54, 1.807) is 0 Å². The van der Waals surface area contributed by atoms with E-state index in [9.17, 15) is 9.59 Å². The minimum Gasteiger partial charge on any atom is -0.376 e. The number of nitrogens with zero attached hydrogens (tertiary/aromatic N) is 4. The van der Waals surface area contributed by atoms with Gasteiger partial charge in [-0.15, -0.1) is 0 Å². The van der Waals surface area contributed by atoms with Crippen LogP contribution in [-0.2, 0) is 11.3 Å². The lowest BCUT2D eigenvalue weighted by Gasteiger charge is -2.19. The Labute approximate surface area is 168 Å². The zero-order chi connectivity index (χ0) is 19.8. The summed E-state index contributed by atoms with van der Waals surface area (Å²) in [6, 6.07) is 9.32. The second-order valence-electron chi connectivity index (χ2n) is 7.82. The molecule has 150 valence electrons. The molecule has 2 saturated heterocycles. The summed E-state index contributed by atoms with van der Waals surface area (Å²) in [6.07, 6.45) is 7.84. The molecule has 1 aromatic rings. The van der Waals surface area contributed by atoms with Crippen LogP contribution in [0.3, 0.4) is 0 Å². The van der Waals surface area contributed by atoms with Crippen LogP contribution in [-0.4, -0.2) is 51.0 Å². The first-order valence-electron chi connectivity index (χ1n) is 10.3. The predicted octanol–water partition coefficient (Wildman–Crippen LogP) is 2.55. The first kappa shape index (κ1) is 18.1. The second kappa shape index (κ2) is 7.48. The number of carbonyl (C=O) groups is 1.